The van der Waals surface area contributed by atoms with Crippen LogP contribution < -0.4 is 0 Å². The third kappa shape index (κ3) is 6.09. The third-order valence-corrected chi connectivity index (χ3v) is 7.10. The molecule has 3 aromatic rings. The lowest BCUT2D eigenvalue weighted by atomic mass is 9.96. The van der Waals surface area contributed by atoms with E-state index in [9.17, 15) is 9.59 Å². The van der Waals surface area contributed by atoms with Crippen molar-refractivity contribution >= 4 is 23.3 Å². The second-order valence-corrected chi connectivity index (χ2v) is 11.1. The number of ether oxygens (including phenoxy) is 1. The standard InChI is InChI=1S/C31H34N4O5/c1-20-19-25(23-11-15-34(16-12-23)29(36)37)9-10-26(20)28-33-32-27(39-28)24-7-5-21(6-8-24)22-13-17-35(18-14-22)30(38)40-31(2,3)4/h5-11,13,19H,12,14-18H2,1-4H3,(H,36,37). The maximum Gasteiger partial charge on any atom is 0.410 e. The van der Waals surface area contributed by atoms with E-state index in [-0.39, 0.29) is 6.09 Å². The molecule has 0 aliphatic carbocycles. The van der Waals surface area contributed by atoms with Crippen molar-refractivity contribution in [3.8, 4) is 22.9 Å². The summed E-state index contributed by atoms with van der Waals surface area (Å²) in [7, 11) is 0. The van der Waals surface area contributed by atoms with Gasteiger partial charge >= 0.3 is 12.2 Å². The summed E-state index contributed by atoms with van der Waals surface area (Å²) in [6.07, 6.45) is 4.32. The van der Waals surface area contributed by atoms with Crippen molar-refractivity contribution in [1.82, 2.24) is 20.0 Å². The van der Waals surface area contributed by atoms with Gasteiger partial charge in [0, 0.05) is 37.3 Å². The molecule has 0 fully saturated rings. The summed E-state index contributed by atoms with van der Waals surface area (Å²) in [5.41, 5.74) is 6.71. The van der Waals surface area contributed by atoms with E-state index in [2.05, 4.69) is 22.3 Å². The van der Waals surface area contributed by atoms with Crippen molar-refractivity contribution in [3.05, 3.63) is 71.3 Å². The Morgan fingerprint density at radius 3 is 2.00 bits per heavy atom. The first-order valence-corrected chi connectivity index (χ1v) is 13.5. The number of rotatable bonds is 4. The van der Waals surface area contributed by atoms with Gasteiger partial charge in [-0.05, 0) is 86.6 Å². The van der Waals surface area contributed by atoms with Crippen molar-refractivity contribution < 1.29 is 23.8 Å². The van der Waals surface area contributed by atoms with Crippen LogP contribution in [0.25, 0.3) is 34.1 Å². The smallest absolute Gasteiger partial charge is 0.410 e. The zero-order valence-corrected chi connectivity index (χ0v) is 23.3. The first kappa shape index (κ1) is 27.2. The summed E-state index contributed by atoms with van der Waals surface area (Å²) in [4.78, 5) is 26.6. The highest BCUT2D eigenvalue weighted by Gasteiger charge is 2.24. The number of carbonyl (C=O) groups is 2. The second-order valence-electron chi connectivity index (χ2n) is 11.1. The van der Waals surface area contributed by atoms with E-state index >= 15 is 0 Å². The molecule has 40 heavy (non-hydrogen) atoms. The molecule has 3 heterocycles. The maximum atomic E-state index is 12.3. The van der Waals surface area contributed by atoms with Crippen molar-refractivity contribution in [3.63, 3.8) is 0 Å². The van der Waals surface area contributed by atoms with Gasteiger partial charge < -0.3 is 24.1 Å². The topological polar surface area (TPSA) is 109 Å². The van der Waals surface area contributed by atoms with Gasteiger partial charge in [0.1, 0.15) is 5.60 Å². The lowest BCUT2D eigenvalue weighted by molar-refractivity contribution is 0.0270. The van der Waals surface area contributed by atoms with Gasteiger partial charge in [0.05, 0.1) is 0 Å². The number of benzene rings is 2. The van der Waals surface area contributed by atoms with Gasteiger partial charge in [-0.2, -0.15) is 0 Å². The molecule has 2 aliphatic heterocycles. The highest BCUT2D eigenvalue weighted by Crippen LogP contribution is 2.31. The summed E-state index contributed by atoms with van der Waals surface area (Å²) in [5, 5.41) is 17.7. The third-order valence-electron chi connectivity index (χ3n) is 7.10. The Kier molecular flexibility index (Phi) is 7.47. The van der Waals surface area contributed by atoms with Gasteiger partial charge in [-0.3, -0.25) is 0 Å². The van der Waals surface area contributed by atoms with E-state index in [1.54, 1.807) is 4.90 Å². The van der Waals surface area contributed by atoms with Gasteiger partial charge in [-0.1, -0.05) is 36.4 Å². The highest BCUT2D eigenvalue weighted by atomic mass is 16.6. The van der Waals surface area contributed by atoms with E-state index < -0.39 is 11.7 Å². The average molecular weight is 543 g/mol. The summed E-state index contributed by atoms with van der Waals surface area (Å²) in [6, 6.07) is 14.1. The van der Waals surface area contributed by atoms with Gasteiger partial charge in [0.25, 0.3) is 0 Å². The van der Waals surface area contributed by atoms with E-state index in [4.69, 9.17) is 14.3 Å². The maximum absolute atomic E-state index is 12.3. The Morgan fingerprint density at radius 2 is 1.43 bits per heavy atom. The molecule has 1 N–H and O–H groups in total. The molecular weight excluding hydrogens is 508 g/mol. The average Bonchev–Trinajstić information content (AvgIpc) is 3.42. The summed E-state index contributed by atoms with van der Waals surface area (Å²) in [5.74, 6) is 0.900. The first-order valence-electron chi connectivity index (χ1n) is 13.5. The van der Waals surface area contributed by atoms with Crippen LogP contribution in [-0.2, 0) is 4.74 Å². The molecule has 1 aromatic heterocycles. The minimum atomic E-state index is -0.888. The first-order chi connectivity index (χ1) is 19.1. The number of aromatic nitrogens is 2. The number of amides is 2. The molecule has 0 saturated carbocycles. The summed E-state index contributed by atoms with van der Waals surface area (Å²) < 4.78 is 11.5. The van der Waals surface area contributed by atoms with Crippen LogP contribution in [0, 0.1) is 6.92 Å². The predicted molar refractivity (Wildman–Crippen MR) is 152 cm³/mol. The van der Waals surface area contributed by atoms with Crippen molar-refractivity contribution in [1.29, 1.82) is 0 Å². The van der Waals surface area contributed by atoms with Crippen LogP contribution in [-0.4, -0.2) is 69.1 Å². The Labute approximate surface area is 233 Å². The minimum absolute atomic E-state index is 0.284. The van der Waals surface area contributed by atoms with Crippen LogP contribution in [0.4, 0.5) is 9.59 Å². The van der Waals surface area contributed by atoms with Crippen LogP contribution in [0.2, 0.25) is 0 Å². The predicted octanol–water partition coefficient (Wildman–Crippen LogP) is 6.50. The molecule has 0 atom stereocenters. The molecule has 0 radical (unpaired) electrons. The van der Waals surface area contributed by atoms with Crippen LogP contribution >= 0.6 is 0 Å². The fourth-order valence-corrected chi connectivity index (χ4v) is 4.91. The largest absolute Gasteiger partial charge is 0.465 e. The Balaban J connectivity index is 1.25. The van der Waals surface area contributed by atoms with Crippen molar-refractivity contribution in [2.75, 3.05) is 26.2 Å². The lowest BCUT2D eigenvalue weighted by Crippen LogP contribution is -2.39. The number of carbonyl (C=O) groups excluding carboxylic acids is 1. The fourth-order valence-electron chi connectivity index (χ4n) is 4.91. The van der Waals surface area contributed by atoms with Crippen LogP contribution in [0.1, 0.15) is 50.3 Å². The van der Waals surface area contributed by atoms with Gasteiger partial charge in [0.15, 0.2) is 0 Å². The fraction of sp³-hybridized carbons (Fsp3) is 0.355. The van der Waals surface area contributed by atoms with Gasteiger partial charge in [-0.25, -0.2) is 9.59 Å². The van der Waals surface area contributed by atoms with E-state index in [0.717, 1.165) is 39.8 Å². The Bertz CT molecular complexity index is 1480. The van der Waals surface area contributed by atoms with Crippen molar-refractivity contribution in [2.45, 2.75) is 46.1 Å². The number of hydrogen-bond donors (Lipinski definition) is 1. The molecule has 0 unspecified atom stereocenters. The normalized spacial score (nSPS) is 15.9. The SMILES string of the molecule is Cc1cc(C2=CCN(C(=O)O)CC2)ccc1-c1nnc(-c2ccc(C3=CCN(C(=O)OC(C)(C)C)CC3)cc2)o1. The number of carboxylic acid groups (broad SMARTS) is 1. The molecule has 2 aliphatic rings. The molecular formula is C31H34N4O5. The number of nitrogens with zero attached hydrogens (tertiary/aromatic N) is 4. The number of hydrogen-bond acceptors (Lipinski definition) is 6. The van der Waals surface area contributed by atoms with Gasteiger partial charge in [-0.15, -0.1) is 10.2 Å². The Hall–Kier alpha value is -4.40. The second kappa shape index (κ2) is 11.0. The van der Waals surface area contributed by atoms with Crippen LogP contribution in [0.5, 0.6) is 0 Å². The van der Waals surface area contributed by atoms with E-state index in [1.165, 1.54) is 10.5 Å². The lowest BCUT2D eigenvalue weighted by Gasteiger charge is -2.29. The zero-order chi connectivity index (χ0) is 28.4. The summed E-state index contributed by atoms with van der Waals surface area (Å²) >= 11 is 0. The quantitative estimate of drug-likeness (QED) is 0.401. The molecule has 5 rings (SSSR count). The molecule has 208 valence electrons. The summed E-state index contributed by atoms with van der Waals surface area (Å²) in [6.45, 7) is 9.66. The molecule has 0 spiro atoms. The molecule has 0 saturated heterocycles. The van der Waals surface area contributed by atoms with E-state index in [0.29, 0.717) is 44.4 Å². The minimum Gasteiger partial charge on any atom is -0.465 e. The molecule has 2 aromatic carbocycles. The van der Waals surface area contributed by atoms with E-state index in [1.807, 2.05) is 70.2 Å². The monoisotopic (exact) mass is 542 g/mol. The van der Waals surface area contributed by atoms with Crippen molar-refractivity contribution in [2.24, 2.45) is 0 Å². The highest BCUT2D eigenvalue weighted by molar-refractivity contribution is 5.75. The van der Waals surface area contributed by atoms with Gasteiger partial charge in [0.2, 0.25) is 11.8 Å². The molecule has 9 nitrogen and oxygen atoms in total. The van der Waals surface area contributed by atoms with Crippen LogP contribution in [0.3, 0.4) is 0 Å². The Morgan fingerprint density at radius 1 is 0.850 bits per heavy atom. The molecule has 2 amide bonds. The van der Waals surface area contributed by atoms with Crippen LogP contribution in [0.15, 0.2) is 59.0 Å². The molecule has 0 bridgehead atoms. The zero-order valence-electron chi connectivity index (χ0n) is 23.3. The molecule has 9 heteroatoms. The number of aryl methyl sites for hydroxylation is 1.